The predicted octanol–water partition coefficient (Wildman–Crippen LogP) is 2.32. The van der Waals surface area contributed by atoms with E-state index in [1.807, 2.05) is 29.2 Å². The summed E-state index contributed by atoms with van der Waals surface area (Å²) in [5.74, 6) is 0.504. The zero-order valence-electron chi connectivity index (χ0n) is 21.0. The average Bonchev–Trinajstić information content (AvgIpc) is 2.92. The summed E-state index contributed by atoms with van der Waals surface area (Å²) < 4.78 is 0. The summed E-state index contributed by atoms with van der Waals surface area (Å²) in [6.45, 7) is 2.04. The Labute approximate surface area is 216 Å². The molecule has 10 heteroatoms. The van der Waals surface area contributed by atoms with Crippen LogP contribution in [0, 0.1) is 0 Å². The standard InChI is InChI=1S/C27H36N6O4/c34-17-21(35)16-33(14-4-3-7-20-11-10-19-6-5-13-28-25(19)31-20)15-12-24(27(36)37)32-26-22-8-1-2-9-23(22)29-18-30-26/h1-2,8-11,18,21,24,34-35H,3-7,12-17H2,(H,28,31)(H,36,37)(H,29,30,32)/t21-,24-/m0/s1. The normalized spacial score (nSPS) is 14.7. The van der Waals surface area contributed by atoms with Gasteiger partial charge in [0.05, 0.1) is 18.2 Å². The minimum Gasteiger partial charge on any atom is -0.480 e. The van der Waals surface area contributed by atoms with Crippen LogP contribution in [0.1, 0.15) is 36.9 Å². The fourth-order valence-corrected chi connectivity index (χ4v) is 4.65. The van der Waals surface area contributed by atoms with Gasteiger partial charge in [0.15, 0.2) is 0 Å². The lowest BCUT2D eigenvalue weighted by Crippen LogP contribution is -2.39. The molecule has 10 nitrogen and oxygen atoms in total. The van der Waals surface area contributed by atoms with Crippen LogP contribution < -0.4 is 10.6 Å². The molecule has 1 aliphatic heterocycles. The summed E-state index contributed by atoms with van der Waals surface area (Å²) in [4.78, 5) is 27.3. The summed E-state index contributed by atoms with van der Waals surface area (Å²) in [5, 5.41) is 36.4. The molecule has 0 bridgehead atoms. The van der Waals surface area contributed by atoms with Gasteiger partial charge in [0.25, 0.3) is 0 Å². The monoisotopic (exact) mass is 508 g/mol. The van der Waals surface area contributed by atoms with Crippen molar-refractivity contribution in [3.8, 4) is 0 Å². The number of pyridine rings is 1. The number of para-hydroxylation sites is 1. The lowest BCUT2D eigenvalue weighted by Gasteiger charge is -2.26. The van der Waals surface area contributed by atoms with Gasteiger partial charge < -0.3 is 30.9 Å². The van der Waals surface area contributed by atoms with Crippen molar-refractivity contribution in [2.24, 2.45) is 0 Å². The van der Waals surface area contributed by atoms with Crippen LogP contribution in [0.4, 0.5) is 11.6 Å². The second-order valence-electron chi connectivity index (χ2n) is 9.50. The molecule has 0 radical (unpaired) electrons. The number of hydrogen-bond donors (Lipinski definition) is 5. The zero-order valence-corrected chi connectivity index (χ0v) is 21.0. The van der Waals surface area contributed by atoms with Crippen molar-refractivity contribution in [1.82, 2.24) is 19.9 Å². The van der Waals surface area contributed by atoms with Gasteiger partial charge in [-0.1, -0.05) is 18.2 Å². The molecule has 2 aromatic heterocycles. The highest BCUT2D eigenvalue weighted by molar-refractivity contribution is 5.90. The number of aliphatic carboxylic acids is 1. The highest BCUT2D eigenvalue weighted by Gasteiger charge is 2.21. The van der Waals surface area contributed by atoms with Gasteiger partial charge in [0.2, 0.25) is 0 Å². The molecule has 0 spiro atoms. The molecule has 3 heterocycles. The molecule has 1 aliphatic rings. The number of rotatable bonds is 14. The van der Waals surface area contributed by atoms with Crippen molar-refractivity contribution >= 4 is 28.5 Å². The third-order valence-electron chi connectivity index (χ3n) is 6.67. The molecular formula is C27H36N6O4. The van der Waals surface area contributed by atoms with Gasteiger partial charge in [-0.25, -0.2) is 19.7 Å². The highest BCUT2D eigenvalue weighted by atomic mass is 16.4. The molecule has 0 amide bonds. The van der Waals surface area contributed by atoms with Crippen LogP contribution in [-0.2, 0) is 17.6 Å². The van der Waals surface area contributed by atoms with Gasteiger partial charge in [-0.2, -0.15) is 0 Å². The Morgan fingerprint density at radius 1 is 1.14 bits per heavy atom. The van der Waals surface area contributed by atoms with Gasteiger partial charge in [0, 0.05) is 30.7 Å². The van der Waals surface area contributed by atoms with Crippen LogP contribution in [0.15, 0.2) is 42.7 Å². The van der Waals surface area contributed by atoms with E-state index in [1.54, 1.807) is 0 Å². The van der Waals surface area contributed by atoms with E-state index in [1.165, 1.54) is 11.9 Å². The van der Waals surface area contributed by atoms with Crippen molar-refractivity contribution in [1.29, 1.82) is 0 Å². The largest absolute Gasteiger partial charge is 0.480 e. The minimum absolute atomic E-state index is 0.278. The Morgan fingerprint density at radius 2 is 2.00 bits per heavy atom. The van der Waals surface area contributed by atoms with Crippen LogP contribution in [0.5, 0.6) is 0 Å². The third-order valence-corrected chi connectivity index (χ3v) is 6.67. The fraction of sp³-hybridized carbons (Fsp3) is 0.481. The van der Waals surface area contributed by atoms with Crippen LogP contribution in [0.25, 0.3) is 10.9 Å². The summed E-state index contributed by atoms with van der Waals surface area (Å²) in [6, 6.07) is 10.8. The number of hydrogen-bond acceptors (Lipinski definition) is 9. The molecule has 0 fully saturated rings. The van der Waals surface area contributed by atoms with E-state index in [-0.39, 0.29) is 13.2 Å². The number of aliphatic hydroxyl groups is 2. The number of aliphatic hydroxyl groups excluding tert-OH is 2. The number of carbonyl (C=O) groups is 1. The molecule has 37 heavy (non-hydrogen) atoms. The summed E-state index contributed by atoms with van der Waals surface area (Å²) >= 11 is 0. The zero-order chi connectivity index (χ0) is 26.0. The first-order chi connectivity index (χ1) is 18.0. The van der Waals surface area contributed by atoms with Crippen LogP contribution in [0.3, 0.4) is 0 Å². The van der Waals surface area contributed by atoms with E-state index >= 15 is 0 Å². The lowest BCUT2D eigenvalue weighted by atomic mass is 10.1. The number of benzene rings is 1. The first-order valence-electron chi connectivity index (χ1n) is 13.0. The van der Waals surface area contributed by atoms with Crippen LogP contribution in [0.2, 0.25) is 0 Å². The maximum absolute atomic E-state index is 12.0. The molecule has 0 aliphatic carbocycles. The quantitative estimate of drug-likeness (QED) is 0.206. The third kappa shape index (κ3) is 7.58. The molecular weight excluding hydrogens is 472 g/mol. The van der Waals surface area contributed by atoms with Crippen LogP contribution >= 0.6 is 0 Å². The second kappa shape index (κ2) is 13.3. The number of aromatic nitrogens is 3. The number of fused-ring (bicyclic) bond motifs is 2. The summed E-state index contributed by atoms with van der Waals surface area (Å²) in [5.41, 5.74) is 3.07. The maximum Gasteiger partial charge on any atom is 0.326 e. The molecule has 0 saturated heterocycles. The Balaban J connectivity index is 1.32. The number of nitrogens with zero attached hydrogens (tertiary/aromatic N) is 4. The van der Waals surface area contributed by atoms with E-state index in [0.29, 0.717) is 25.3 Å². The first-order valence-corrected chi connectivity index (χ1v) is 13.0. The van der Waals surface area contributed by atoms with Crippen molar-refractivity contribution in [2.75, 3.05) is 43.4 Å². The van der Waals surface area contributed by atoms with Gasteiger partial charge in [-0.3, -0.25) is 0 Å². The van der Waals surface area contributed by atoms with Gasteiger partial charge >= 0.3 is 5.97 Å². The lowest BCUT2D eigenvalue weighted by molar-refractivity contribution is -0.138. The molecule has 198 valence electrons. The predicted molar refractivity (Wildman–Crippen MR) is 143 cm³/mol. The molecule has 5 N–H and O–H groups in total. The Morgan fingerprint density at radius 3 is 2.84 bits per heavy atom. The average molecular weight is 509 g/mol. The number of nitrogens with one attached hydrogen (secondary N) is 2. The van der Waals surface area contributed by atoms with Crippen molar-refractivity contribution in [3.05, 3.63) is 54.0 Å². The van der Waals surface area contributed by atoms with Crippen molar-refractivity contribution < 1.29 is 20.1 Å². The number of carboxylic acid groups (broad SMARTS) is 1. The van der Waals surface area contributed by atoms with Gasteiger partial charge in [-0.05, 0) is 68.8 Å². The molecule has 1 aromatic carbocycles. The molecule has 2 atom stereocenters. The Bertz CT molecular complexity index is 1170. The summed E-state index contributed by atoms with van der Waals surface area (Å²) in [7, 11) is 0. The number of unbranched alkanes of at least 4 members (excludes halogenated alkanes) is 1. The second-order valence-corrected chi connectivity index (χ2v) is 9.50. The topological polar surface area (TPSA) is 144 Å². The number of anilines is 2. The Hall–Kier alpha value is -3.34. The molecule has 0 unspecified atom stereocenters. The number of carboxylic acids is 1. The first kappa shape index (κ1) is 26.7. The molecule has 3 aromatic rings. The Kier molecular flexibility index (Phi) is 9.58. The van der Waals surface area contributed by atoms with E-state index in [9.17, 15) is 20.1 Å². The maximum atomic E-state index is 12.0. The van der Waals surface area contributed by atoms with Crippen molar-refractivity contribution in [3.63, 3.8) is 0 Å². The van der Waals surface area contributed by atoms with Crippen molar-refractivity contribution in [2.45, 2.75) is 50.7 Å². The molecule has 0 saturated carbocycles. The summed E-state index contributed by atoms with van der Waals surface area (Å²) in [6.07, 6.45) is 5.69. The van der Waals surface area contributed by atoms with E-state index in [0.717, 1.165) is 61.1 Å². The number of aryl methyl sites for hydroxylation is 2. The highest BCUT2D eigenvalue weighted by Crippen LogP contribution is 2.21. The van der Waals surface area contributed by atoms with Gasteiger partial charge in [-0.15, -0.1) is 0 Å². The van der Waals surface area contributed by atoms with E-state index in [2.05, 4.69) is 32.7 Å². The minimum atomic E-state index is -0.975. The van der Waals surface area contributed by atoms with E-state index < -0.39 is 18.1 Å². The van der Waals surface area contributed by atoms with Crippen LogP contribution in [-0.4, -0.2) is 86.1 Å². The smallest absolute Gasteiger partial charge is 0.326 e. The SMILES string of the molecule is O=C(O)[C@H](CCN(CCCCc1ccc2c(n1)NCCC2)C[C@H](O)CO)Nc1ncnc2ccccc12. The van der Waals surface area contributed by atoms with Gasteiger partial charge in [0.1, 0.15) is 24.0 Å². The molecule has 4 rings (SSSR count). The fourth-order valence-electron chi connectivity index (χ4n) is 4.65. The van der Waals surface area contributed by atoms with E-state index in [4.69, 9.17) is 4.98 Å².